The maximum Gasteiger partial charge on any atom is 0.315 e. The van der Waals surface area contributed by atoms with Crippen LogP contribution in [0.3, 0.4) is 0 Å². The van der Waals surface area contributed by atoms with Gasteiger partial charge in [-0.3, -0.25) is 9.59 Å². The number of fused-ring (bicyclic) bond motifs is 1. The van der Waals surface area contributed by atoms with E-state index in [1.165, 1.54) is 7.11 Å². The minimum Gasteiger partial charge on any atom is -0.468 e. The zero-order valence-electron chi connectivity index (χ0n) is 7.42. The third-order valence-electron chi connectivity index (χ3n) is 2.86. The first-order valence-electron chi connectivity index (χ1n) is 4.27. The van der Waals surface area contributed by atoms with E-state index in [2.05, 4.69) is 10.6 Å². The largest absolute Gasteiger partial charge is 0.468 e. The minimum atomic E-state index is -0.647. The van der Waals surface area contributed by atoms with E-state index in [9.17, 15) is 9.59 Å². The molecule has 5 nitrogen and oxygen atoms in total. The lowest BCUT2D eigenvalue weighted by atomic mass is 9.83. The van der Waals surface area contributed by atoms with Crippen LogP contribution in [0.25, 0.3) is 0 Å². The SMILES string of the molecule is COC(=O)[C@]12CNC[C@H]1NC(=O)C2. The van der Waals surface area contributed by atoms with E-state index in [1.807, 2.05) is 0 Å². The van der Waals surface area contributed by atoms with Gasteiger partial charge in [0.15, 0.2) is 0 Å². The third kappa shape index (κ3) is 1.03. The molecule has 5 heteroatoms. The van der Waals surface area contributed by atoms with Crippen LogP contribution in [0.5, 0.6) is 0 Å². The number of methoxy groups -OCH3 is 1. The summed E-state index contributed by atoms with van der Waals surface area (Å²) in [6.45, 7) is 1.18. The number of hydrogen-bond acceptors (Lipinski definition) is 4. The van der Waals surface area contributed by atoms with E-state index < -0.39 is 5.41 Å². The molecule has 1 amide bonds. The lowest BCUT2D eigenvalue weighted by molar-refractivity contribution is -0.152. The highest BCUT2D eigenvalue weighted by atomic mass is 16.5. The molecule has 2 saturated heterocycles. The molecule has 2 N–H and O–H groups in total. The smallest absolute Gasteiger partial charge is 0.315 e. The first-order valence-corrected chi connectivity index (χ1v) is 4.27. The second kappa shape index (κ2) is 2.70. The quantitative estimate of drug-likeness (QED) is 0.494. The van der Waals surface area contributed by atoms with Crippen LogP contribution in [0, 0.1) is 5.41 Å². The Hall–Kier alpha value is -1.10. The van der Waals surface area contributed by atoms with E-state index in [0.29, 0.717) is 13.1 Å². The Labute approximate surface area is 75.8 Å². The molecule has 2 rings (SSSR count). The maximum atomic E-state index is 11.5. The summed E-state index contributed by atoms with van der Waals surface area (Å²) in [5.74, 6) is -0.349. The van der Waals surface area contributed by atoms with E-state index in [0.717, 1.165) is 0 Å². The summed E-state index contributed by atoms with van der Waals surface area (Å²) in [5.41, 5.74) is -0.647. The van der Waals surface area contributed by atoms with Crippen LogP contribution in [-0.4, -0.2) is 38.1 Å². The van der Waals surface area contributed by atoms with Crippen molar-refractivity contribution in [1.82, 2.24) is 10.6 Å². The third-order valence-corrected chi connectivity index (χ3v) is 2.86. The molecule has 0 unspecified atom stereocenters. The van der Waals surface area contributed by atoms with Crippen molar-refractivity contribution in [3.63, 3.8) is 0 Å². The van der Waals surface area contributed by atoms with Crippen molar-refractivity contribution in [2.45, 2.75) is 12.5 Å². The highest BCUT2D eigenvalue weighted by Crippen LogP contribution is 2.35. The predicted molar refractivity (Wildman–Crippen MR) is 43.9 cm³/mol. The van der Waals surface area contributed by atoms with Gasteiger partial charge >= 0.3 is 5.97 Å². The molecule has 2 aliphatic heterocycles. The molecule has 0 bridgehead atoms. The Kier molecular flexibility index (Phi) is 1.76. The van der Waals surface area contributed by atoms with Crippen molar-refractivity contribution in [2.24, 2.45) is 5.41 Å². The van der Waals surface area contributed by atoms with Crippen LogP contribution >= 0.6 is 0 Å². The van der Waals surface area contributed by atoms with Gasteiger partial charge in [0.2, 0.25) is 5.91 Å². The molecular formula is C8H12N2O3. The standard InChI is InChI=1S/C8H12N2O3/c1-13-7(12)8-2-6(11)10-5(8)3-9-4-8/h5,9H,2-4H2,1H3,(H,10,11)/t5-,8-/m1/s1. The number of ether oxygens (including phenoxy) is 1. The van der Waals surface area contributed by atoms with Crippen molar-refractivity contribution >= 4 is 11.9 Å². The highest BCUT2D eigenvalue weighted by Gasteiger charge is 2.56. The number of esters is 1. The van der Waals surface area contributed by atoms with Gasteiger partial charge in [-0.25, -0.2) is 0 Å². The second-order valence-electron chi connectivity index (χ2n) is 3.58. The van der Waals surface area contributed by atoms with Crippen LogP contribution in [0.1, 0.15) is 6.42 Å². The lowest BCUT2D eigenvalue weighted by Gasteiger charge is -2.22. The molecule has 2 fully saturated rings. The number of amides is 1. The van der Waals surface area contributed by atoms with Gasteiger partial charge in [0.1, 0.15) is 5.41 Å². The van der Waals surface area contributed by atoms with Crippen LogP contribution in [0.15, 0.2) is 0 Å². The van der Waals surface area contributed by atoms with Gasteiger partial charge in [-0.15, -0.1) is 0 Å². The minimum absolute atomic E-state index is 0.0584. The van der Waals surface area contributed by atoms with Crippen molar-refractivity contribution in [1.29, 1.82) is 0 Å². The fraction of sp³-hybridized carbons (Fsp3) is 0.750. The first-order chi connectivity index (χ1) is 6.19. The molecule has 2 atom stereocenters. The number of hydrogen-bond donors (Lipinski definition) is 2. The Bertz CT molecular complexity index is 266. The van der Waals surface area contributed by atoms with Crippen LogP contribution < -0.4 is 10.6 Å². The van der Waals surface area contributed by atoms with Crippen molar-refractivity contribution in [3.05, 3.63) is 0 Å². The van der Waals surface area contributed by atoms with Crippen LogP contribution in [-0.2, 0) is 14.3 Å². The van der Waals surface area contributed by atoms with Crippen LogP contribution in [0.2, 0.25) is 0 Å². The summed E-state index contributed by atoms with van der Waals surface area (Å²) < 4.78 is 4.72. The molecule has 2 aliphatic rings. The van der Waals surface area contributed by atoms with Gasteiger partial charge in [0.25, 0.3) is 0 Å². The molecule has 2 heterocycles. The van der Waals surface area contributed by atoms with Gasteiger partial charge in [-0.05, 0) is 0 Å². The fourth-order valence-corrected chi connectivity index (χ4v) is 2.15. The van der Waals surface area contributed by atoms with Crippen molar-refractivity contribution in [2.75, 3.05) is 20.2 Å². The molecule has 72 valence electrons. The summed E-state index contributed by atoms with van der Waals surface area (Å²) >= 11 is 0. The van der Waals surface area contributed by atoms with E-state index in [1.54, 1.807) is 0 Å². The average molecular weight is 184 g/mol. The average Bonchev–Trinajstić information content (AvgIpc) is 2.59. The van der Waals surface area contributed by atoms with Crippen molar-refractivity contribution in [3.8, 4) is 0 Å². The fourth-order valence-electron chi connectivity index (χ4n) is 2.15. The topological polar surface area (TPSA) is 67.4 Å². The molecule has 0 aliphatic carbocycles. The number of nitrogens with one attached hydrogen (secondary N) is 2. The van der Waals surface area contributed by atoms with Gasteiger partial charge in [-0.1, -0.05) is 0 Å². The summed E-state index contributed by atoms with van der Waals surface area (Å²) in [5, 5.41) is 5.85. The summed E-state index contributed by atoms with van der Waals surface area (Å²) in [6.07, 6.45) is 0.247. The molecule has 0 spiro atoms. The zero-order valence-corrected chi connectivity index (χ0v) is 7.42. The maximum absolute atomic E-state index is 11.5. The normalized spacial score (nSPS) is 37.0. The molecule has 13 heavy (non-hydrogen) atoms. The molecule has 0 aromatic heterocycles. The van der Waals surface area contributed by atoms with Gasteiger partial charge in [-0.2, -0.15) is 0 Å². The van der Waals surface area contributed by atoms with E-state index >= 15 is 0 Å². The summed E-state index contributed by atoms with van der Waals surface area (Å²) in [4.78, 5) is 22.6. The molecule has 0 saturated carbocycles. The van der Waals surface area contributed by atoms with Gasteiger partial charge in [0, 0.05) is 19.5 Å². The highest BCUT2D eigenvalue weighted by molar-refractivity contribution is 5.91. The van der Waals surface area contributed by atoms with E-state index in [-0.39, 0.29) is 24.3 Å². The molecule has 0 aromatic rings. The number of rotatable bonds is 1. The number of carbonyl (C=O) groups excluding carboxylic acids is 2. The Morgan fingerprint density at radius 2 is 2.46 bits per heavy atom. The Morgan fingerprint density at radius 1 is 1.69 bits per heavy atom. The Balaban J connectivity index is 2.27. The Morgan fingerprint density at radius 3 is 3.15 bits per heavy atom. The second-order valence-corrected chi connectivity index (χ2v) is 3.58. The first kappa shape index (κ1) is 8.50. The van der Waals surface area contributed by atoms with E-state index in [4.69, 9.17) is 4.74 Å². The summed E-state index contributed by atoms with van der Waals surface area (Å²) in [6, 6.07) is -0.0903. The molecular weight excluding hydrogens is 172 g/mol. The summed E-state index contributed by atoms with van der Waals surface area (Å²) in [7, 11) is 1.36. The molecule has 0 aromatic carbocycles. The zero-order chi connectivity index (χ0) is 9.47. The van der Waals surface area contributed by atoms with Crippen molar-refractivity contribution < 1.29 is 14.3 Å². The number of carbonyl (C=O) groups is 2. The van der Waals surface area contributed by atoms with Gasteiger partial charge < -0.3 is 15.4 Å². The van der Waals surface area contributed by atoms with Crippen LogP contribution in [0.4, 0.5) is 0 Å². The molecule has 0 radical (unpaired) electrons. The predicted octanol–water partition coefficient (Wildman–Crippen LogP) is -1.36. The van der Waals surface area contributed by atoms with Gasteiger partial charge in [0.05, 0.1) is 13.2 Å². The monoisotopic (exact) mass is 184 g/mol. The lowest BCUT2D eigenvalue weighted by Crippen LogP contribution is -2.42.